The molecule has 1 rings (SSSR count). The summed E-state index contributed by atoms with van der Waals surface area (Å²) in [5.41, 5.74) is 0. The van der Waals surface area contributed by atoms with E-state index in [-0.39, 0.29) is 19.0 Å². The lowest BCUT2D eigenvalue weighted by atomic mass is 9.83. The van der Waals surface area contributed by atoms with E-state index in [1.165, 1.54) is 0 Å². The molecule has 1 saturated carbocycles. The SMILES string of the molecule is O=C(O)CCCC1CCCC(NCC(F)F)C1. The third kappa shape index (κ3) is 6.56. The third-order valence-electron chi connectivity index (χ3n) is 3.35. The van der Waals surface area contributed by atoms with Gasteiger partial charge in [0.05, 0.1) is 6.54 Å². The molecule has 0 aromatic heterocycles. The topological polar surface area (TPSA) is 49.3 Å². The zero-order chi connectivity index (χ0) is 12.7. The number of carboxylic acid groups (broad SMARTS) is 1. The fourth-order valence-electron chi connectivity index (χ4n) is 2.54. The quantitative estimate of drug-likeness (QED) is 0.729. The zero-order valence-electron chi connectivity index (χ0n) is 10.0. The van der Waals surface area contributed by atoms with Crippen molar-refractivity contribution in [2.45, 2.75) is 57.4 Å². The molecule has 0 aromatic carbocycles. The minimum absolute atomic E-state index is 0.188. The van der Waals surface area contributed by atoms with Crippen LogP contribution in [-0.2, 0) is 4.79 Å². The fourth-order valence-corrected chi connectivity index (χ4v) is 2.54. The number of hydrogen-bond acceptors (Lipinski definition) is 2. The Bertz CT molecular complexity index is 237. The first-order chi connectivity index (χ1) is 8.08. The summed E-state index contributed by atoms with van der Waals surface area (Å²) in [4.78, 5) is 10.4. The molecule has 3 nitrogen and oxygen atoms in total. The van der Waals surface area contributed by atoms with Crippen molar-refractivity contribution < 1.29 is 18.7 Å². The molecule has 0 amide bonds. The van der Waals surface area contributed by atoms with Crippen molar-refractivity contribution in [1.29, 1.82) is 0 Å². The van der Waals surface area contributed by atoms with Gasteiger partial charge in [-0.1, -0.05) is 12.8 Å². The van der Waals surface area contributed by atoms with Gasteiger partial charge in [0.1, 0.15) is 0 Å². The summed E-state index contributed by atoms with van der Waals surface area (Å²) in [6, 6.07) is 0.188. The maximum atomic E-state index is 12.1. The maximum absolute atomic E-state index is 12.1. The number of halogens is 2. The van der Waals surface area contributed by atoms with Gasteiger partial charge in [-0.25, -0.2) is 8.78 Å². The van der Waals surface area contributed by atoms with E-state index >= 15 is 0 Å². The summed E-state index contributed by atoms with van der Waals surface area (Å²) in [6.45, 7) is -0.230. The molecule has 1 fully saturated rings. The summed E-state index contributed by atoms with van der Waals surface area (Å²) < 4.78 is 24.1. The summed E-state index contributed by atoms with van der Waals surface area (Å²) in [5, 5.41) is 11.4. The number of carboxylic acids is 1. The predicted octanol–water partition coefficient (Wildman–Crippen LogP) is 2.65. The lowest BCUT2D eigenvalue weighted by Crippen LogP contribution is -2.36. The van der Waals surface area contributed by atoms with Crippen molar-refractivity contribution in [3.63, 3.8) is 0 Å². The molecule has 1 aliphatic carbocycles. The summed E-state index contributed by atoms with van der Waals surface area (Å²) >= 11 is 0. The number of aliphatic carboxylic acids is 1. The highest BCUT2D eigenvalue weighted by Gasteiger charge is 2.22. The zero-order valence-corrected chi connectivity index (χ0v) is 10.0. The van der Waals surface area contributed by atoms with Crippen molar-refractivity contribution in [2.24, 2.45) is 5.92 Å². The Kier molecular flexibility index (Phi) is 6.40. The Morgan fingerprint density at radius 1 is 1.41 bits per heavy atom. The van der Waals surface area contributed by atoms with Crippen LogP contribution < -0.4 is 5.32 Å². The van der Waals surface area contributed by atoms with Crippen LogP contribution in [0.2, 0.25) is 0 Å². The number of carbonyl (C=O) groups is 1. The average Bonchev–Trinajstić information content (AvgIpc) is 2.26. The Hall–Kier alpha value is -0.710. The summed E-state index contributed by atoms with van der Waals surface area (Å²) in [6.07, 6.45) is 3.55. The van der Waals surface area contributed by atoms with Gasteiger partial charge in [-0.2, -0.15) is 0 Å². The van der Waals surface area contributed by atoms with Gasteiger partial charge in [-0.15, -0.1) is 0 Å². The first kappa shape index (κ1) is 14.4. The molecule has 5 heteroatoms. The smallest absolute Gasteiger partial charge is 0.303 e. The Balaban J connectivity index is 2.17. The molecule has 0 aromatic rings. The lowest BCUT2D eigenvalue weighted by molar-refractivity contribution is -0.137. The Labute approximate surface area is 101 Å². The highest BCUT2D eigenvalue weighted by Crippen LogP contribution is 2.28. The van der Waals surface area contributed by atoms with E-state index in [9.17, 15) is 13.6 Å². The minimum atomic E-state index is -2.29. The molecular formula is C12H21F2NO2. The second kappa shape index (κ2) is 7.58. The van der Waals surface area contributed by atoms with Crippen LogP contribution in [0.15, 0.2) is 0 Å². The first-order valence-corrected chi connectivity index (χ1v) is 6.31. The molecule has 0 heterocycles. The highest BCUT2D eigenvalue weighted by molar-refractivity contribution is 5.66. The van der Waals surface area contributed by atoms with Gasteiger partial charge in [0, 0.05) is 12.5 Å². The van der Waals surface area contributed by atoms with Gasteiger partial charge >= 0.3 is 5.97 Å². The van der Waals surface area contributed by atoms with Crippen molar-refractivity contribution in [3.8, 4) is 0 Å². The van der Waals surface area contributed by atoms with E-state index in [0.29, 0.717) is 12.3 Å². The number of alkyl halides is 2. The molecule has 0 spiro atoms. The predicted molar refractivity (Wildman–Crippen MR) is 61.2 cm³/mol. The second-order valence-corrected chi connectivity index (χ2v) is 4.81. The summed E-state index contributed by atoms with van der Waals surface area (Å²) in [5.74, 6) is -0.258. The first-order valence-electron chi connectivity index (χ1n) is 6.31. The van der Waals surface area contributed by atoms with Crippen LogP contribution in [0.3, 0.4) is 0 Å². The minimum Gasteiger partial charge on any atom is -0.481 e. The maximum Gasteiger partial charge on any atom is 0.303 e. The third-order valence-corrected chi connectivity index (χ3v) is 3.35. The molecule has 0 saturated heterocycles. The van der Waals surface area contributed by atoms with Crippen LogP contribution in [0.25, 0.3) is 0 Å². The van der Waals surface area contributed by atoms with Gasteiger partial charge in [-0.05, 0) is 31.6 Å². The van der Waals surface area contributed by atoms with Crippen molar-refractivity contribution in [2.75, 3.05) is 6.54 Å². The van der Waals surface area contributed by atoms with Gasteiger partial charge < -0.3 is 10.4 Å². The van der Waals surface area contributed by atoms with Crippen molar-refractivity contribution >= 4 is 5.97 Å². The van der Waals surface area contributed by atoms with E-state index in [0.717, 1.165) is 32.1 Å². The number of hydrogen-bond donors (Lipinski definition) is 2. The second-order valence-electron chi connectivity index (χ2n) is 4.81. The molecule has 2 N–H and O–H groups in total. The number of nitrogens with one attached hydrogen (secondary N) is 1. The highest BCUT2D eigenvalue weighted by atomic mass is 19.3. The van der Waals surface area contributed by atoms with Gasteiger partial charge in [-0.3, -0.25) is 4.79 Å². The molecule has 100 valence electrons. The Morgan fingerprint density at radius 3 is 2.82 bits per heavy atom. The fraction of sp³-hybridized carbons (Fsp3) is 0.917. The van der Waals surface area contributed by atoms with Crippen molar-refractivity contribution in [3.05, 3.63) is 0 Å². The van der Waals surface area contributed by atoms with E-state index in [1.807, 2.05) is 0 Å². The largest absolute Gasteiger partial charge is 0.481 e. The van der Waals surface area contributed by atoms with E-state index < -0.39 is 12.4 Å². The monoisotopic (exact) mass is 249 g/mol. The number of rotatable bonds is 7. The average molecular weight is 249 g/mol. The van der Waals surface area contributed by atoms with Crippen LogP contribution in [0.4, 0.5) is 8.78 Å². The van der Waals surface area contributed by atoms with Crippen LogP contribution in [-0.4, -0.2) is 30.1 Å². The molecule has 2 atom stereocenters. The van der Waals surface area contributed by atoms with Gasteiger partial charge in [0.2, 0.25) is 0 Å². The molecule has 17 heavy (non-hydrogen) atoms. The molecular weight excluding hydrogens is 228 g/mol. The van der Waals surface area contributed by atoms with Crippen LogP contribution in [0.5, 0.6) is 0 Å². The van der Waals surface area contributed by atoms with E-state index in [2.05, 4.69) is 5.32 Å². The van der Waals surface area contributed by atoms with Gasteiger partial charge in [0.15, 0.2) is 0 Å². The van der Waals surface area contributed by atoms with Crippen LogP contribution in [0, 0.1) is 5.92 Å². The molecule has 1 aliphatic rings. The van der Waals surface area contributed by atoms with Gasteiger partial charge in [0.25, 0.3) is 6.43 Å². The molecule has 0 bridgehead atoms. The van der Waals surface area contributed by atoms with E-state index in [1.54, 1.807) is 0 Å². The molecule has 2 unspecified atom stereocenters. The standard InChI is InChI=1S/C12H21F2NO2/c13-11(14)8-15-10-5-1-3-9(7-10)4-2-6-12(16)17/h9-11,15H,1-8H2,(H,16,17). The summed E-state index contributed by atoms with van der Waals surface area (Å²) in [7, 11) is 0. The Morgan fingerprint density at radius 2 is 2.18 bits per heavy atom. The van der Waals surface area contributed by atoms with Crippen LogP contribution >= 0.6 is 0 Å². The molecule has 0 radical (unpaired) electrons. The van der Waals surface area contributed by atoms with Crippen LogP contribution in [0.1, 0.15) is 44.9 Å². The lowest BCUT2D eigenvalue weighted by Gasteiger charge is -2.29. The van der Waals surface area contributed by atoms with E-state index in [4.69, 9.17) is 5.11 Å². The van der Waals surface area contributed by atoms with Crippen molar-refractivity contribution in [1.82, 2.24) is 5.32 Å². The molecule has 0 aliphatic heterocycles. The normalized spacial score (nSPS) is 25.1.